The molecule has 0 radical (unpaired) electrons. The lowest BCUT2D eigenvalue weighted by Gasteiger charge is -2.10. The van der Waals surface area contributed by atoms with E-state index in [0.29, 0.717) is 23.2 Å². The number of hydrogen-bond acceptors (Lipinski definition) is 4. The van der Waals surface area contributed by atoms with Gasteiger partial charge in [0.2, 0.25) is 10.0 Å². The molecule has 2 unspecified atom stereocenters. The SMILES string of the molecule is CC1CCC(CNS(=O)(=O)c2cc(CN)cs2)C1. The molecule has 1 aliphatic carbocycles. The molecule has 0 amide bonds. The Kier molecular flexibility index (Phi) is 4.42. The summed E-state index contributed by atoms with van der Waals surface area (Å²) in [5.74, 6) is 1.22. The van der Waals surface area contributed by atoms with Crippen molar-refractivity contribution < 1.29 is 8.42 Å². The molecule has 2 rings (SSSR count). The first-order valence-electron chi connectivity index (χ1n) is 6.28. The van der Waals surface area contributed by atoms with Crippen molar-refractivity contribution in [3.8, 4) is 0 Å². The fraction of sp³-hybridized carbons (Fsp3) is 0.667. The molecule has 18 heavy (non-hydrogen) atoms. The van der Waals surface area contributed by atoms with Crippen molar-refractivity contribution >= 4 is 21.4 Å². The van der Waals surface area contributed by atoms with Gasteiger partial charge in [-0.25, -0.2) is 13.1 Å². The number of hydrogen-bond donors (Lipinski definition) is 2. The zero-order chi connectivity index (χ0) is 13.2. The van der Waals surface area contributed by atoms with Crippen LogP contribution in [0, 0.1) is 11.8 Å². The van der Waals surface area contributed by atoms with Gasteiger partial charge < -0.3 is 5.73 Å². The molecule has 3 N–H and O–H groups in total. The molecule has 1 aliphatic rings. The molecule has 1 saturated carbocycles. The molecule has 6 heteroatoms. The van der Waals surface area contributed by atoms with Gasteiger partial charge in [-0.15, -0.1) is 11.3 Å². The lowest BCUT2D eigenvalue weighted by atomic mass is 10.1. The number of sulfonamides is 1. The molecular formula is C12H20N2O2S2. The van der Waals surface area contributed by atoms with Crippen LogP contribution in [0.5, 0.6) is 0 Å². The van der Waals surface area contributed by atoms with Gasteiger partial charge >= 0.3 is 0 Å². The summed E-state index contributed by atoms with van der Waals surface area (Å²) in [6.45, 7) is 3.16. The Morgan fingerprint density at radius 2 is 2.28 bits per heavy atom. The maximum Gasteiger partial charge on any atom is 0.250 e. The first-order valence-corrected chi connectivity index (χ1v) is 8.64. The highest BCUT2D eigenvalue weighted by molar-refractivity contribution is 7.91. The minimum Gasteiger partial charge on any atom is -0.326 e. The molecule has 0 aliphatic heterocycles. The summed E-state index contributed by atoms with van der Waals surface area (Å²) in [4.78, 5) is 0. The van der Waals surface area contributed by atoms with Gasteiger partial charge in [0.1, 0.15) is 4.21 Å². The van der Waals surface area contributed by atoms with Crippen molar-refractivity contribution in [2.45, 2.75) is 36.9 Å². The maximum absolute atomic E-state index is 12.1. The summed E-state index contributed by atoms with van der Waals surface area (Å²) in [5, 5.41) is 1.80. The van der Waals surface area contributed by atoms with E-state index in [9.17, 15) is 8.42 Å². The van der Waals surface area contributed by atoms with Gasteiger partial charge in [0.25, 0.3) is 0 Å². The van der Waals surface area contributed by atoms with E-state index in [1.54, 1.807) is 11.4 Å². The first-order chi connectivity index (χ1) is 8.51. The van der Waals surface area contributed by atoms with E-state index in [2.05, 4.69) is 11.6 Å². The molecule has 0 spiro atoms. The summed E-state index contributed by atoms with van der Waals surface area (Å²) in [6, 6.07) is 1.66. The maximum atomic E-state index is 12.1. The molecule has 0 bridgehead atoms. The van der Waals surface area contributed by atoms with Gasteiger partial charge in [-0.3, -0.25) is 0 Å². The van der Waals surface area contributed by atoms with E-state index in [0.717, 1.165) is 24.3 Å². The van der Waals surface area contributed by atoms with E-state index in [1.165, 1.54) is 17.8 Å². The van der Waals surface area contributed by atoms with Crippen LogP contribution in [0.1, 0.15) is 31.7 Å². The van der Waals surface area contributed by atoms with Crippen LogP contribution >= 0.6 is 11.3 Å². The normalized spacial score (nSPS) is 24.6. The first kappa shape index (κ1) is 14.0. The van der Waals surface area contributed by atoms with E-state index < -0.39 is 10.0 Å². The third-order valence-electron chi connectivity index (χ3n) is 3.50. The predicted molar refractivity (Wildman–Crippen MR) is 73.9 cm³/mol. The van der Waals surface area contributed by atoms with Crippen molar-refractivity contribution in [2.75, 3.05) is 6.54 Å². The highest BCUT2D eigenvalue weighted by Gasteiger charge is 2.24. The van der Waals surface area contributed by atoms with Gasteiger partial charge in [-0.1, -0.05) is 13.3 Å². The Hall–Kier alpha value is -0.430. The average Bonchev–Trinajstić information content (AvgIpc) is 2.95. The Balaban J connectivity index is 1.95. The van der Waals surface area contributed by atoms with Crippen LogP contribution in [0.4, 0.5) is 0 Å². The molecule has 102 valence electrons. The lowest BCUT2D eigenvalue weighted by Crippen LogP contribution is -2.28. The molecule has 2 atom stereocenters. The molecule has 0 aromatic carbocycles. The molecule has 1 aromatic heterocycles. The molecule has 4 nitrogen and oxygen atoms in total. The minimum atomic E-state index is -3.34. The molecular weight excluding hydrogens is 268 g/mol. The van der Waals surface area contributed by atoms with Gasteiger partial charge in [0, 0.05) is 13.1 Å². The van der Waals surface area contributed by atoms with Crippen molar-refractivity contribution in [2.24, 2.45) is 17.6 Å². The molecule has 1 heterocycles. The van der Waals surface area contributed by atoms with Crippen LogP contribution in [-0.2, 0) is 16.6 Å². The molecule has 1 aromatic rings. The Labute approximate surface area is 113 Å². The summed E-state index contributed by atoms with van der Waals surface area (Å²) in [7, 11) is -3.34. The fourth-order valence-corrected chi connectivity index (χ4v) is 4.79. The second-order valence-corrected chi connectivity index (χ2v) is 8.02. The minimum absolute atomic E-state index is 0.369. The zero-order valence-electron chi connectivity index (χ0n) is 10.6. The van der Waals surface area contributed by atoms with Crippen molar-refractivity contribution in [3.05, 3.63) is 17.0 Å². The van der Waals surface area contributed by atoms with Crippen LogP contribution in [0.3, 0.4) is 0 Å². The van der Waals surface area contributed by atoms with Crippen LogP contribution in [0.2, 0.25) is 0 Å². The summed E-state index contributed by atoms with van der Waals surface area (Å²) >= 11 is 1.23. The van der Waals surface area contributed by atoms with Crippen LogP contribution in [-0.4, -0.2) is 15.0 Å². The summed E-state index contributed by atoms with van der Waals surface area (Å²) < 4.78 is 27.2. The Morgan fingerprint density at radius 1 is 1.50 bits per heavy atom. The van der Waals surface area contributed by atoms with Crippen molar-refractivity contribution in [1.82, 2.24) is 4.72 Å². The number of nitrogens with two attached hydrogens (primary N) is 1. The van der Waals surface area contributed by atoms with Gasteiger partial charge in [-0.2, -0.15) is 0 Å². The summed E-state index contributed by atoms with van der Waals surface area (Å²) in [5.41, 5.74) is 6.36. The zero-order valence-corrected chi connectivity index (χ0v) is 12.2. The fourth-order valence-electron chi connectivity index (χ4n) is 2.41. The quantitative estimate of drug-likeness (QED) is 0.869. The predicted octanol–water partition coefficient (Wildman–Crippen LogP) is 1.92. The number of nitrogens with one attached hydrogen (secondary N) is 1. The van der Waals surface area contributed by atoms with Crippen molar-refractivity contribution in [1.29, 1.82) is 0 Å². The third-order valence-corrected chi connectivity index (χ3v) is 6.41. The largest absolute Gasteiger partial charge is 0.326 e. The average molecular weight is 288 g/mol. The van der Waals surface area contributed by atoms with E-state index in [-0.39, 0.29) is 0 Å². The van der Waals surface area contributed by atoms with E-state index in [4.69, 9.17) is 5.73 Å². The van der Waals surface area contributed by atoms with E-state index in [1.807, 2.05) is 0 Å². The van der Waals surface area contributed by atoms with Crippen LogP contribution < -0.4 is 10.5 Å². The standard InChI is InChI=1S/C12H20N2O2S2/c1-9-2-3-10(4-9)7-14-18(15,16)12-5-11(6-13)8-17-12/h5,8-10,14H,2-4,6-7,13H2,1H3. The highest BCUT2D eigenvalue weighted by atomic mass is 32.2. The lowest BCUT2D eigenvalue weighted by molar-refractivity contribution is 0.499. The monoisotopic (exact) mass is 288 g/mol. The van der Waals surface area contributed by atoms with Crippen molar-refractivity contribution in [3.63, 3.8) is 0 Å². The number of rotatable bonds is 5. The topological polar surface area (TPSA) is 72.2 Å². The Morgan fingerprint density at radius 3 is 2.83 bits per heavy atom. The second-order valence-electron chi connectivity index (χ2n) is 5.11. The summed E-state index contributed by atoms with van der Waals surface area (Å²) in [6.07, 6.45) is 3.46. The van der Waals surface area contributed by atoms with Gasteiger partial charge in [0.15, 0.2) is 0 Å². The Bertz CT molecular complexity index is 496. The third kappa shape index (κ3) is 3.32. The molecule has 1 fully saturated rings. The van der Waals surface area contributed by atoms with Crippen LogP contribution in [0.15, 0.2) is 15.7 Å². The second kappa shape index (κ2) is 5.69. The molecule has 0 saturated heterocycles. The van der Waals surface area contributed by atoms with Gasteiger partial charge in [-0.05, 0) is 41.7 Å². The number of thiophene rings is 1. The smallest absolute Gasteiger partial charge is 0.250 e. The van der Waals surface area contributed by atoms with Crippen LogP contribution in [0.25, 0.3) is 0 Å². The van der Waals surface area contributed by atoms with Gasteiger partial charge in [0.05, 0.1) is 0 Å². The highest BCUT2D eigenvalue weighted by Crippen LogP contribution is 2.30. The van der Waals surface area contributed by atoms with E-state index >= 15 is 0 Å².